The van der Waals surface area contributed by atoms with Crippen molar-refractivity contribution in [3.63, 3.8) is 0 Å². The quantitative estimate of drug-likeness (QED) is 0.382. The number of nitrogens with one attached hydrogen (secondary N) is 2. The van der Waals surface area contributed by atoms with Crippen molar-refractivity contribution in [3.8, 4) is 0 Å². The van der Waals surface area contributed by atoms with Crippen LogP contribution in [0, 0.1) is 5.41 Å². The van der Waals surface area contributed by atoms with Crippen molar-refractivity contribution in [3.05, 3.63) is 42.0 Å². The molecular weight excluding hydrogens is 261 g/mol. The van der Waals surface area contributed by atoms with Crippen LogP contribution in [0.15, 0.2) is 36.4 Å². The van der Waals surface area contributed by atoms with Crippen LogP contribution in [0.4, 0.5) is 18.9 Å². The summed E-state index contributed by atoms with van der Waals surface area (Å²) in [6.45, 7) is 3.16. The van der Waals surface area contributed by atoms with Gasteiger partial charge in [-0.3, -0.25) is 9.59 Å². The van der Waals surface area contributed by atoms with Crippen molar-refractivity contribution in [2.75, 3.05) is 5.32 Å². The molecule has 0 aromatic heterocycles. The Kier molecular flexibility index (Phi) is 4.21. The molecule has 1 amide bonds. The minimum atomic E-state index is -4.53. The van der Waals surface area contributed by atoms with E-state index >= 15 is 0 Å². The standard InChI is InChI=1S/C12H9F3N2O2/c1-7(10(18)6-16)11(19)17-9-4-2-3-8(5-9)12(13,14)15/h2-6,16H,1H2,(H,17,19). The van der Waals surface area contributed by atoms with E-state index in [0.717, 1.165) is 18.2 Å². The zero-order valence-corrected chi connectivity index (χ0v) is 9.54. The Balaban J connectivity index is 2.89. The van der Waals surface area contributed by atoms with Crippen LogP contribution in [0.3, 0.4) is 0 Å². The van der Waals surface area contributed by atoms with E-state index in [1.165, 1.54) is 6.07 Å². The van der Waals surface area contributed by atoms with Gasteiger partial charge in [-0.25, -0.2) is 0 Å². The Hall–Kier alpha value is -2.44. The molecule has 0 unspecified atom stereocenters. The average Bonchev–Trinajstić information content (AvgIpc) is 2.36. The number of hydrogen-bond acceptors (Lipinski definition) is 3. The van der Waals surface area contributed by atoms with Crippen LogP contribution < -0.4 is 5.32 Å². The van der Waals surface area contributed by atoms with Crippen molar-refractivity contribution in [1.29, 1.82) is 5.41 Å². The Labute approximate surface area is 106 Å². The summed E-state index contributed by atoms with van der Waals surface area (Å²) in [7, 11) is 0. The fraction of sp³-hybridized carbons (Fsp3) is 0.0833. The van der Waals surface area contributed by atoms with E-state index in [1.54, 1.807) is 0 Å². The van der Waals surface area contributed by atoms with Crippen LogP contribution in [-0.2, 0) is 15.8 Å². The van der Waals surface area contributed by atoms with Gasteiger partial charge < -0.3 is 10.7 Å². The molecule has 100 valence electrons. The Morgan fingerprint density at radius 2 is 1.95 bits per heavy atom. The fourth-order valence-corrected chi connectivity index (χ4v) is 1.18. The molecule has 0 aliphatic rings. The van der Waals surface area contributed by atoms with Crippen LogP contribution >= 0.6 is 0 Å². The maximum absolute atomic E-state index is 12.4. The number of benzene rings is 1. The number of amides is 1. The molecule has 0 saturated heterocycles. The largest absolute Gasteiger partial charge is 0.416 e. The number of hydrogen-bond donors (Lipinski definition) is 2. The van der Waals surface area contributed by atoms with Crippen LogP contribution in [0.5, 0.6) is 0 Å². The van der Waals surface area contributed by atoms with Gasteiger partial charge in [-0.1, -0.05) is 12.6 Å². The smallest absolute Gasteiger partial charge is 0.322 e. The highest BCUT2D eigenvalue weighted by Gasteiger charge is 2.30. The zero-order chi connectivity index (χ0) is 14.6. The van der Waals surface area contributed by atoms with Crippen molar-refractivity contribution >= 4 is 23.6 Å². The minimum Gasteiger partial charge on any atom is -0.322 e. The average molecular weight is 270 g/mol. The van der Waals surface area contributed by atoms with E-state index in [9.17, 15) is 22.8 Å². The summed E-state index contributed by atoms with van der Waals surface area (Å²) in [5, 5.41) is 8.77. The van der Waals surface area contributed by atoms with Gasteiger partial charge in [0.2, 0.25) is 5.78 Å². The summed E-state index contributed by atoms with van der Waals surface area (Å²) in [6.07, 6.45) is -4.13. The highest BCUT2D eigenvalue weighted by atomic mass is 19.4. The lowest BCUT2D eigenvalue weighted by Crippen LogP contribution is -2.20. The van der Waals surface area contributed by atoms with Gasteiger partial charge >= 0.3 is 6.18 Å². The summed E-state index contributed by atoms with van der Waals surface area (Å²) in [4.78, 5) is 22.4. The lowest BCUT2D eigenvalue weighted by molar-refractivity contribution is -0.137. The molecule has 1 aromatic carbocycles. The predicted octanol–water partition coefficient (Wildman–Crippen LogP) is 2.42. The van der Waals surface area contributed by atoms with E-state index < -0.39 is 29.0 Å². The first-order valence-corrected chi connectivity index (χ1v) is 4.98. The second-order valence-electron chi connectivity index (χ2n) is 3.52. The molecule has 19 heavy (non-hydrogen) atoms. The molecule has 0 aliphatic carbocycles. The fourth-order valence-electron chi connectivity index (χ4n) is 1.18. The molecule has 2 N–H and O–H groups in total. The van der Waals surface area contributed by atoms with Crippen LogP contribution in [0.2, 0.25) is 0 Å². The summed E-state index contributed by atoms with van der Waals surface area (Å²) in [6, 6.07) is 3.96. The molecule has 0 bridgehead atoms. The van der Waals surface area contributed by atoms with Gasteiger partial charge in [0.1, 0.15) is 0 Å². The molecule has 1 rings (SSSR count). The molecule has 7 heteroatoms. The van der Waals surface area contributed by atoms with Crippen molar-refractivity contribution in [1.82, 2.24) is 0 Å². The lowest BCUT2D eigenvalue weighted by Gasteiger charge is -2.09. The second-order valence-corrected chi connectivity index (χ2v) is 3.52. The van der Waals surface area contributed by atoms with Gasteiger partial charge in [-0.05, 0) is 18.2 Å². The first kappa shape index (κ1) is 14.6. The topological polar surface area (TPSA) is 70.0 Å². The Bertz CT molecular complexity index is 550. The SMILES string of the molecule is C=C(C(=O)C=N)C(=O)Nc1cccc(C(F)(F)F)c1. The highest BCUT2D eigenvalue weighted by molar-refractivity contribution is 6.43. The minimum absolute atomic E-state index is 0.112. The van der Waals surface area contributed by atoms with Crippen molar-refractivity contribution in [2.45, 2.75) is 6.18 Å². The van der Waals surface area contributed by atoms with Crippen molar-refractivity contribution in [2.24, 2.45) is 0 Å². The van der Waals surface area contributed by atoms with Gasteiger partial charge in [0.05, 0.1) is 17.4 Å². The first-order chi connectivity index (χ1) is 8.75. The number of halogens is 3. The first-order valence-electron chi connectivity index (χ1n) is 4.98. The number of carbonyl (C=O) groups excluding carboxylic acids is 2. The molecule has 0 saturated carbocycles. The van der Waals surface area contributed by atoms with Crippen molar-refractivity contribution < 1.29 is 22.8 Å². The predicted molar refractivity (Wildman–Crippen MR) is 63.0 cm³/mol. The monoisotopic (exact) mass is 270 g/mol. The molecular formula is C12H9F3N2O2. The molecule has 4 nitrogen and oxygen atoms in total. The number of ketones is 1. The number of carbonyl (C=O) groups is 2. The molecule has 0 aliphatic heterocycles. The number of anilines is 1. The van der Waals surface area contributed by atoms with E-state index in [2.05, 4.69) is 11.9 Å². The van der Waals surface area contributed by atoms with Gasteiger partial charge in [-0.2, -0.15) is 13.2 Å². The third-order valence-electron chi connectivity index (χ3n) is 2.15. The van der Waals surface area contributed by atoms with Gasteiger partial charge in [0.25, 0.3) is 5.91 Å². The number of Topliss-reactive ketones (excluding diaryl/α,β-unsaturated/α-hetero) is 1. The van der Waals surface area contributed by atoms with Crippen LogP contribution in [-0.4, -0.2) is 17.9 Å². The van der Waals surface area contributed by atoms with E-state index in [1.807, 2.05) is 0 Å². The maximum atomic E-state index is 12.4. The second kappa shape index (κ2) is 5.47. The summed E-state index contributed by atoms with van der Waals surface area (Å²) in [5.41, 5.74) is -1.56. The molecule has 0 radical (unpaired) electrons. The molecule has 0 heterocycles. The maximum Gasteiger partial charge on any atom is 0.416 e. The summed E-state index contributed by atoms with van der Waals surface area (Å²) in [5.74, 6) is -1.86. The summed E-state index contributed by atoms with van der Waals surface area (Å²) < 4.78 is 37.3. The molecule has 1 aromatic rings. The van der Waals surface area contributed by atoms with Crippen LogP contribution in [0.1, 0.15) is 5.56 Å². The number of alkyl halides is 3. The molecule has 0 spiro atoms. The van der Waals surface area contributed by atoms with Gasteiger partial charge in [-0.15, -0.1) is 0 Å². The normalized spacial score (nSPS) is 10.7. The van der Waals surface area contributed by atoms with Crippen LogP contribution in [0.25, 0.3) is 0 Å². The summed E-state index contributed by atoms with van der Waals surface area (Å²) >= 11 is 0. The zero-order valence-electron chi connectivity index (χ0n) is 9.54. The van der Waals surface area contributed by atoms with Gasteiger partial charge in [0.15, 0.2) is 0 Å². The van der Waals surface area contributed by atoms with E-state index in [0.29, 0.717) is 6.21 Å². The molecule has 0 atom stereocenters. The third-order valence-corrected chi connectivity index (χ3v) is 2.15. The molecule has 0 fully saturated rings. The third kappa shape index (κ3) is 3.77. The number of rotatable bonds is 4. The lowest BCUT2D eigenvalue weighted by atomic mass is 10.1. The van der Waals surface area contributed by atoms with Gasteiger partial charge in [0, 0.05) is 5.69 Å². The Morgan fingerprint density at radius 3 is 2.47 bits per heavy atom. The highest BCUT2D eigenvalue weighted by Crippen LogP contribution is 2.30. The van der Waals surface area contributed by atoms with E-state index in [4.69, 9.17) is 5.41 Å². The van der Waals surface area contributed by atoms with E-state index in [-0.39, 0.29) is 5.69 Å². The Morgan fingerprint density at radius 1 is 1.32 bits per heavy atom.